The lowest BCUT2D eigenvalue weighted by Gasteiger charge is -2.04. The fraction of sp³-hybridized carbons (Fsp3) is 0.680. The minimum Gasteiger partial charge on any atom is -0.505 e. The maximum atomic E-state index is 8.57. The lowest BCUT2D eigenvalue weighted by Crippen LogP contribution is -1.98. The first-order chi connectivity index (χ1) is 16.0. The highest BCUT2D eigenvalue weighted by Crippen LogP contribution is 2.10. The van der Waals surface area contributed by atoms with Crippen LogP contribution in [0.4, 0.5) is 0 Å². The van der Waals surface area contributed by atoms with Gasteiger partial charge in [-0.2, -0.15) is 0 Å². The van der Waals surface area contributed by atoms with Gasteiger partial charge >= 0.3 is 0 Å². The van der Waals surface area contributed by atoms with Crippen molar-refractivity contribution in [2.24, 2.45) is 0 Å². The average molecular weight is 520 g/mol. The largest absolute Gasteiger partial charge is 0.505 e. The average Bonchev–Trinajstić information content (AvgIpc) is 2.82. The number of rotatable bonds is 14. The molecule has 0 atom stereocenters. The summed E-state index contributed by atoms with van der Waals surface area (Å²) >= 11 is 10.8. The van der Waals surface area contributed by atoms with Gasteiger partial charge in [-0.05, 0) is 36.0 Å². The first kappa shape index (κ1) is 34.5. The van der Waals surface area contributed by atoms with Crippen LogP contribution < -0.4 is 4.74 Å². The van der Waals surface area contributed by atoms with Crippen LogP contribution in [-0.2, 0) is 0 Å². The molecule has 34 heavy (non-hydrogen) atoms. The molecule has 2 N–H and O–H groups in total. The fourth-order valence-electron chi connectivity index (χ4n) is 2.64. The highest BCUT2D eigenvalue weighted by Gasteiger charge is 1.96. The number of aromatic nitrogens is 4. The zero-order valence-corrected chi connectivity index (χ0v) is 21.6. The van der Waals surface area contributed by atoms with Gasteiger partial charge < -0.3 is 14.9 Å². The molecule has 0 saturated carbocycles. The summed E-state index contributed by atoms with van der Waals surface area (Å²) in [6, 6.07) is 0. The van der Waals surface area contributed by atoms with E-state index in [4.69, 9.17) is 38.2 Å². The Morgan fingerprint density at radius 1 is 0.676 bits per heavy atom. The van der Waals surface area contributed by atoms with Crippen LogP contribution >= 0.6 is 23.2 Å². The van der Waals surface area contributed by atoms with Crippen LogP contribution in [-0.4, -0.2) is 43.4 Å². The number of hydrogen-bond acceptors (Lipinski definition) is 7. The number of halogens is 2. The summed E-state index contributed by atoms with van der Waals surface area (Å²) in [7, 11) is 0. The second-order valence-electron chi connectivity index (χ2n) is 7.51. The number of aliphatic hydroxyl groups is 1. The topological polar surface area (TPSA) is 101 Å². The molecule has 2 heterocycles. The lowest BCUT2D eigenvalue weighted by molar-refractivity contribution is 0.282. The number of aromatic hydroxyl groups is 1. The highest BCUT2D eigenvalue weighted by atomic mass is 35.5. The molecule has 0 fully saturated rings. The molecule has 0 radical (unpaired) electrons. The van der Waals surface area contributed by atoms with Gasteiger partial charge in [-0.1, -0.05) is 85.5 Å². The maximum absolute atomic E-state index is 8.57. The van der Waals surface area contributed by atoms with Crippen molar-refractivity contribution < 1.29 is 14.9 Å². The molecule has 196 valence electrons. The van der Waals surface area contributed by atoms with Crippen LogP contribution in [0.3, 0.4) is 0 Å². The molecule has 0 aromatic carbocycles. The molecule has 2 aromatic heterocycles. The Kier molecular flexibility index (Phi) is 26.3. The van der Waals surface area contributed by atoms with Crippen molar-refractivity contribution in [1.29, 1.82) is 0 Å². The van der Waals surface area contributed by atoms with E-state index >= 15 is 0 Å². The summed E-state index contributed by atoms with van der Waals surface area (Å²) in [4.78, 5) is 14.7. The third-order valence-electron chi connectivity index (χ3n) is 4.48. The van der Waals surface area contributed by atoms with Crippen molar-refractivity contribution in [3.63, 3.8) is 0 Å². The zero-order valence-electron chi connectivity index (χ0n) is 20.1. The van der Waals surface area contributed by atoms with Crippen molar-refractivity contribution >= 4 is 23.2 Å². The maximum Gasteiger partial charge on any atom is 0.222 e. The third kappa shape index (κ3) is 23.5. The fourth-order valence-corrected chi connectivity index (χ4v) is 2.84. The number of ether oxygens (including phenoxy) is 1. The Morgan fingerprint density at radius 2 is 1.09 bits per heavy atom. The molecule has 0 saturated heterocycles. The van der Waals surface area contributed by atoms with Gasteiger partial charge in [0, 0.05) is 6.61 Å². The Labute approximate surface area is 216 Å². The molecule has 0 aliphatic heterocycles. The molecular weight excluding hydrogens is 475 g/mol. The predicted octanol–water partition coefficient (Wildman–Crippen LogP) is 7.68. The zero-order chi connectivity index (χ0) is 24.6. The van der Waals surface area contributed by atoms with Crippen molar-refractivity contribution in [1.82, 2.24) is 19.9 Å². The smallest absolute Gasteiger partial charge is 0.222 e. The van der Waals surface area contributed by atoms with Crippen molar-refractivity contribution in [3.8, 4) is 11.5 Å². The van der Waals surface area contributed by atoms with E-state index in [2.05, 4.69) is 33.8 Å². The van der Waals surface area contributed by atoms with Crippen LogP contribution in [0.25, 0.3) is 0 Å². The summed E-state index contributed by atoms with van der Waals surface area (Å²) in [5.41, 5.74) is 0. The number of nitrogens with zero attached hydrogens (tertiary/aromatic N) is 4. The van der Waals surface area contributed by atoms with Crippen LogP contribution in [0.5, 0.6) is 11.5 Å². The molecule has 0 aliphatic carbocycles. The molecule has 0 amide bonds. The summed E-state index contributed by atoms with van der Waals surface area (Å²) in [6.45, 7) is 5.54. The Hall–Kier alpha value is -1.70. The molecule has 2 rings (SSSR count). The van der Waals surface area contributed by atoms with Gasteiger partial charge in [0.1, 0.15) is 0 Å². The van der Waals surface area contributed by atoms with Gasteiger partial charge in [-0.15, -0.1) is 0 Å². The van der Waals surface area contributed by atoms with E-state index in [1.165, 1.54) is 76.6 Å². The van der Waals surface area contributed by atoms with Gasteiger partial charge in [0.15, 0.2) is 11.5 Å². The highest BCUT2D eigenvalue weighted by molar-refractivity contribution is 6.28. The van der Waals surface area contributed by atoms with Crippen LogP contribution in [0, 0.1) is 0 Å². The number of hydrogen-bond donors (Lipinski definition) is 2. The lowest BCUT2D eigenvalue weighted by atomic mass is 10.1. The molecular formula is C25H44Cl2N4O3. The van der Waals surface area contributed by atoms with Crippen molar-refractivity contribution in [3.05, 3.63) is 35.4 Å². The summed E-state index contributed by atoms with van der Waals surface area (Å²) < 4.78 is 5.48. The van der Waals surface area contributed by atoms with E-state index in [0.717, 1.165) is 19.4 Å². The predicted molar refractivity (Wildman–Crippen MR) is 142 cm³/mol. The van der Waals surface area contributed by atoms with Crippen molar-refractivity contribution in [2.45, 2.75) is 98.3 Å². The molecule has 0 aliphatic rings. The van der Waals surface area contributed by atoms with Crippen LogP contribution in [0.15, 0.2) is 24.8 Å². The van der Waals surface area contributed by atoms with Gasteiger partial charge in [-0.3, -0.25) is 0 Å². The SMILES string of the molecule is C.CCCCCCCCO.CCCCCCCCOc1cnc(Cl)nc1.Oc1cnc(Cl)nc1. The molecule has 7 nitrogen and oxygen atoms in total. The van der Waals surface area contributed by atoms with Gasteiger partial charge in [-0.25, -0.2) is 19.9 Å². The first-order valence-electron chi connectivity index (χ1n) is 11.9. The second-order valence-corrected chi connectivity index (χ2v) is 8.18. The standard InChI is InChI=1S/C12H19ClN2O.C8H18O.C4H3ClN2O.CH4/c1-2-3-4-5-6-7-8-16-11-9-14-12(13)15-10-11;1-2-3-4-5-6-7-8-9;5-4-6-1-3(8)2-7-4;/h9-10H,2-8H2,1H3;9H,2-8H2,1H3;1-2,8H;1H4. The summed E-state index contributed by atoms with van der Waals surface area (Å²) in [5, 5.41) is 17.4. The van der Waals surface area contributed by atoms with E-state index in [-0.39, 0.29) is 23.7 Å². The molecule has 0 spiro atoms. The molecule has 9 heteroatoms. The minimum atomic E-state index is 0. The minimum absolute atomic E-state index is 0. The van der Waals surface area contributed by atoms with E-state index in [0.29, 0.717) is 12.4 Å². The van der Waals surface area contributed by atoms with E-state index < -0.39 is 0 Å². The van der Waals surface area contributed by atoms with Gasteiger partial charge in [0.2, 0.25) is 10.6 Å². The van der Waals surface area contributed by atoms with Crippen LogP contribution in [0.1, 0.15) is 98.3 Å². The van der Waals surface area contributed by atoms with E-state index in [1.54, 1.807) is 12.4 Å². The normalized spacial score (nSPS) is 9.68. The van der Waals surface area contributed by atoms with E-state index in [9.17, 15) is 0 Å². The summed E-state index contributed by atoms with van der Waals surface area (Å²) in [5.74, 6) is 0.715. The third-order valence-corrected chi connectivity index (χ3v) is 4.87. The Balaban J connectivity index is 0. The monoisotopic (exact) mass is 518 g/mol. The Bertz CT molecular complexity index is 635. The number of aliphatic hydroxyl groups excluding tert-OH is 1. The second kappa shape index (κ2) is 25.9. The molecule has 0 unspecified atom stereocenters. The summed E-state index contributed by atoms with van der Waals surface area (Å²) in [6.07, 6.45) is 20.7. The van der Waals surface area contributed by atoms with Crippen LogP contribution in [0.2, 0.25) is 10.6 Å². The molecule has 2 aromatic rings. The molecule has 0 bridgehead atoms. The van der Waals surface area contributed by atoms with Gasteiger partial charge in [0.05, 0.1) is 31.4 Å². The quantitative estimate of drug-likeness (QED) is 0.195. The van der Waals surface area contributed by atoms with E-state index in [1.807, 2.05) is 0 Å². The number of unbranched alkanes of at least 4 members (excludes halogenated alkanes) is 10. The Morgan fingerprint density at radius 3 is 1.53 bits per heavy atom. The van der Waals surface area contributed by atoms with Crippen molar-refractivity contribution in [2.75, 3.05) is 13.2 Å². The van der Waals surface area contributed by atoms with Gasteiger partial charge in [0.25, 0.3) is 0 Å². The first-order valence-corrected chi connectivity index (χ1v) is 12.7.